The van der Waals surface area contributed by atoms with E-state index >= 15 is 0 Å². The smallest absolute Gasteiger partial charge is 0.255 e. The second-order valence-electron chi connectivity index (χ2n) is 8.73. The van der Waals surface area contributed by atoms with Crippen molar-refractivity contribution in [3.8, 4) is 11.1 Å². The average molecular weight is 487 g/mol. The molecule has 0 radical (unpaired) electrons. The Labute approximate surface area is 204 Å². The number of piperidine rings is 1. The molecule has 9 heteroatoms. The molecule has 3 amide bonds. The van der Waals surface area contributed by atoms with Gasteiger partial charge in [0.05, 0.1) is 5.56 Å². The Morgan fingerprint density at radius 2 is 1.89 bits per heavy atom. The molecule has 0 spiro atoms. The van der Waals surface area contributed by atoms with Gasteiger partial charge in [0.1, 0.15) is 11.6 Å². The van der Waals surface area contributed by atoms with Crippen LogP contribution in [0.5, 0.6) is 0 Å². The van der Waals surface area contributed by atoms with Crippen LogP contribution in [0.3, 0.4) is 0 Å². The number of carbonyl (C=O) groups excluding carboxylic acids is 3. The summed E-state index contributed by atoms with van der Waals surface area (Å²) in [6.07, 6.45) is 4.21. The zero-order chi connectivity index (χ0) is 25.4. The van der Waals surface area contributed by atoms with Crippen LogP contribution in [-0.2, 0) is 9.59 Å². The minimum Gasteiger partial charge on any atom is -0.372 e. The van der Waals surface area contributed by atoms with E-state index in [2.05, 4.69) is 22.9 Å². The third kappa shape index (κ3) is 6.63. The highest BCUT2D eigenvalue weighted by atomic mass is 19.1. The predicted octanol–water partition coefficient (Wildman–Crippen LogP) is 3.46. The standard InChI is InChI=1S/C25H29F2N3O2.CH3NO/c1-2-10-29-12-8-19(9-13-29)28-25(32)24-21(15-18(26)16-22(24)27)17-5-3-6-20(14-17)30-11-4-7-23(30)31;2-1-3/h3,5-6,14-16,19H,2,4,7-13H2,1H3,(H,28,32);1H,(H2,2,3). The maximum atomic E-state index is 14.9. The Morgan fingerprint density at radius 1 is 1.17 bits per heavy atom. The summed E-state index contributed by atoms with van der Waals surface area (Å²) in [6, 6.07) is 8.86. The molecule has 0 bridgehead atoms. The van der Waals surface area contributed by atoms with Crippen LogP contribution in [0.15, 0.2) is 36.4 Å². The number of hydrogen-bond acceptors (Lipinski definition) is 4. The van der Waals surface area contributed by atoms with Crippen molar-refractivity contribution in [2.75, 3.05) is 31.1 Å². The van der Waals surface area contributed by atoms with Crippen LogP contribution in [-0.4, -0.2) is 55.3 Å². The van der Waals surface area contributed by atoms with Gasteiger partial charge in [0.15, 0.2) is 0 Å². The van der Waals surface area contributed by atoms with E-state index in [0.29, 0.717) is 24.2 Å². The quantitative estimate of drug-likeness (QED) is 0.612. The number of nitrogens with one attached hydrogen (secondary N) is 1. The van der Waals surface area contributed by atoms with Gasteiger partial charge in [0.2, 0.25) is 12.3 Å². The van der Waals surface area contributed by atoms with Gasteiger partial charge in [-0.25, -0.2) is 8.78 Å². The van der Waals surface area contributed by atoms with E-state index in [0.717, 1.165) is 51.4 Å². The van der Waals surface area contributed by atoms with Crippen molar-refractivity contribution in [2.45, 2.75) is 45.1 Å². The summed E-state index contributed by atoms with van der Waals surface area (Å²) in [7, 11) is 0. The van der Waals surface area contributed by atoms with Crippen LogP contribution < -0.4 is 16.0 Å². The highest BCUT2D eigenvalue weighted by Gasteiger charge is 2.26. The lowest BCUT2D eigenvalue weighted by Crippen LogP contribution is -2.45. The Kier molecular flexibility index (Phi) is 9.31. The minimum atomic E-state index is -0.886. The van der Waals surface area contributed by atoms with Gasteiger partial charge in [-0.1, -0.05) is 19.1 Å². The Morgan fingerprint density at radius 3 is 2.51 bits per heavy atom. The summed E-state index contributed by atoms with van der Waals surface area (Å²) in [5.41, 5.74) is 5.37. The van der Waals surface area contributed by atoms with Crippen LogP contribution in [0.25, 0.3) is 11.1 Å². The largest absolute Gasteiger partial charge is 0.372 e. The molecule has 2 aromatic rings. The fourth-order valence-corrected chi connectivity index (χ4v) is 4.67. The summed E-state index contributed by atoms with van der Waals surface area (Å²) in [6.45, 7) is 5.57. The first-order valence-electron chi connectivity index (χ1n) is 12.0. The zero-order valence-electron chi connectivity index (χ0n) is 19.9. The van der Waals surface area contributed by atoms with Gasteiger partial charge in [0, 0.05) is 49.4 Å². The predicted molar refractivity (Wildman–Crippen MR) is 131 cm³/mol. The number of hydrogen-bond donors (Lipinski definition) is 2. The first kappa shape index (κ1) is 26.3. The highest BCUT2D eigenvalue weighted by molar-refractivity contribution is 6.02. The number of amides is 3. The Hall–Kier alpha value is -3.33. The number of benzene rings is 2. The van der Waals surface area contributed by atoms with Gasteiger partial charge in [-0.2, -0.15) is 0 Å². The number of likely N-dealkylation sites (tertiary alicyclic amines) is 1. The van der Waals surface area contributed by atoms with Crippen molar-refractivity contribution < 1.29 is 23.2 Å². The molecule has 0 aromatic heterocycles. The van der Waals surface area contributed by atoms with Crippen molar-refractivity contribution in [3.63, 3.8) is 0 Å². The first-order valence-corrected chi connectivity index (χ1v) is 12.0. The van der Waals surface area contributed by atoms with Gasteiger partial charge in [0.25, 0.3) is 5.91 Å². The fraction of sp³-hybridized carbons (Fsp3) is 0.423. The van der Waals surface area contributed by atoms with Crippen molar-refractivity contribution in [3.05, 3.63) is 53.6 Å². The van der Waals surface area contributed by atoms with E-state index in [1.54, 1.807) is 29.2 Å². The number of carbonyl (C=O) groups is 3. The lowest BCUT2D eigenvalue weighted by Gasteiger charge is -2.32. The van der Waals surface area contributed by atoms with Crippen LogP contribution in [0.2, 0.25) is 0 Å². The summed E-state index contributed by atoms with van der Waals surface area (Å²) >= 11 is 0. The number of primary amides is 1. The molecule has 0 atom stereocenters. The van der Waals surface area contributed by atoms with E-state index in [4.69, 9.17) is 4.79 Å². The van der Waals surface area contributed by atoms with Crippen LogP contribution in [0, 0.1) is 11.6 Å². The molecule has 2 fully saturated rings. The highest BCUT2D eigenvalue weighted by Crippen LogP contribution is 2.31. The molecule has 0 unspecified atom stereocenters. The maximum absolute atomic E-state index is 14.9. The third-order valence-corrected chi connectivity index (χ3v) is 6.29. The second kappa shape index (κ2) is 12.4. The van der Waals surface area contributed by atoms with Gasteiger partial charge in [-0.3, -0.25) is 14.4 Å². The summed E-state index contributed by atoms with van der Waals surface area (Å²) < 4.78 is 29.0. The number of rotatable bonds is 6. The summed E-state index contributed by atoms with van der Waals surface area (Å²) in [5, 5.41) is 2.95. The molecule has 3 N–H and O–H groups in total. The average Bonchev–Trinajstić information content (AvgIpc) is 3.26. The molecule has 2 aliphatic rings. The lowest BCUT2D eigenvalue weighted by molar-refractivity contribution is -0.117. The van der Waals surface area contributed by atoms with E-state index in [9.17, 15) is 18.4 Å². The molecule has 188 valence electrons. The molecule has 35 heavy (non-hydrogen) atoms. The van der Waals surface area contributed by atoms with Crippen LogP contribution >= 0.6 is 0 Å². The van der Waals surface area contributed by atoms with E-state index in [1.165, 1.54) is 6.07 Å². The molecule has 4 rings (SSSR count). The van der Waals surface area contributed by atoms with Gasteiger partial charge in [-0.05, 0) is 56.0 Å². The minimum absolute atomic E-state index is 0.0277. The lowest BCUT2D eigenvalue weighted by atomic mass is 9.96. The molecule has 2 saturated heterocycles. The molecule has 7 nitrogen and oxygen atoms in total. The third-order valence-electron chi connectivity index (χ3n) is 6.29. The zero-order valence-corrected chi connectivity index (χ0v) is 19.9. The molecule has 2 aromatic carbocycles. The van der Waals surface area contributed by atoms with Crippen molar-refractivity contribution in [1.82, 2.24) is 10.2 Å². The van der Waals surface area contributed by atoms with Gasteiger partial charge < -0.3 is 20.9 Å². The molecular weight excluding hydrogens is 454 g/mol. The SMILES string of the molecule is CCCN1CCC(NC(=O)c2c(F)cc(F)cc2-c2cccc(N3CCCC3=O)c2)CC1.NC=O. The van der Waals surface area contributed by atoms with Crippen LogP contribution in [0.1, 0.15) is 49.4 Å². The van der Waals surface area contributed by atoms with E-state index in [1.807, 2.05) is 0 Å². The molecule has 0 saturated carbocycles. The Bertz CT molecular complexity index is 1050. The van der Waals surface area contributed by atoms with E-state index < -0.39 is 17.5 Å². The summed E-state index contributed by atoms with van der Waals surface area (Å²) in [4.78, 5) is 37.8. The van der Waals surface area contributed by atoms with Crippen molar-refractivity contribution in [1.29, 1.82) is 0 Å². The second-order valence-corrected chi connectivity index (χ2v) is 8.73. The number of nitrogens with two attached hydrogens (primary N) is 1. The monoisotopic (exact) mass is 486 g/mol. The topological polar surface area (TPSA) is 95.7 Å². The number of anilines is 1. The summed E-state index contributed by atoms with van der Waals surface area (Å²) in [5.74, 6) is -2.14. The molecule has 2 heterocycles. The number of nitrogens with zero attached hydrogens (tertiary/aromatic N) is 2. The van der Waals surface area contributed by atoms with E-state index in [-0.39, 0.29) is 29.5 Å². The molecular formula is C26H32F2N4O3. The Balaban J connectivity index is 0.00000108. The normalized spacial score (nSPS) is 16.5. The number of halogens is 2. The van der Waals surface area contributed by atoms with Gasteiger partial charge >= 0.3 is 0 Å². The fourth-order valence-electron chi connectivity index (χ4n) is 4.67. The van der Waals surface area contributed by atoms with Gasteiger partial charge in [-0.15, -0.1) is 0 Å². The maximum Gasteiger partial charge on any atom is 0.255 e. The van der Waals surface area contributed by atoms with Crippen molar-refractivity contribution in [2.24, 2.45) is 5.73 Å². The van der Waals surface area contributed by atoms with Crippen molar-refractivity contribution >= 4 is 23.9 Å². The molecule has 2 aliphatic heterocycles. The first-order chi connectivity index (χ1) is 16.9. The molecule has 0 aliphatic carbocycles. The van der Waals surface area contributed by atoms with Crippen LogP contribution in [0.4, 0.5) is 14.5 Å².